The molecule has 0 radical (unpaired) electrons. The number of amides is 2. The van der Waals surface area contributed by atoms with Crippen LogP contribution in [0.4, 0.5) is 0 Å². The Balaban J connectivity index is 1.40. The zero-order valence-electron chi connectivity index (χ0n) is 16.3. The fourth-order valence-corrected chi connectivity index (χ4v) is 4.57. The lowest BCUT2D eigenvalue weighted by Gasteiger charge is -2.06. The van der Waals surface area contributed by atoms with Crippen LogP contribution in [-0.2, 0) is 33.7 Å². The van der Waals surface area contributed by atoms with Gasteiger partial charge in [0.2, 0.25) is 5.91 Å². The van der Waals surface area contributed by atoms with E-state index in [9.17, 15) is 19.2 Å². The minimum atomic E-state index is -0.717. The second kappa shape index (κ2) is 8.19. The first-order valence-electron chi connectivity index (χ1n) is 9.50. The van der Waals surface area contributed by atoms with Gasteiger partial charge in [-0.1, -0.05) is 30.3 Å². The highest BCUT2D eigenvalue weighted by Gasteiger charge is 2.24. The number of aryl methyl sites for hydroxylation is 2. The molecule has 0 bridgehead atoms. The van der Waals surface area contributed by atoms with E-state index in [0.717, 1.165) is 35.6 Å². The number of imide groups is 1. The van der Waals surface area contributed by atoms with Crippen LogP contribution in [0.2, 0.25) is 0 Å². The lowest BCUT2D eigenvalue weighted by atomic mass is 10.1. The largest absolute Gasteiger partial charge is 0.451 e. The summed E-state index contributed by atoms with van der Waals surface area (Å²) in [4.78, 5) is 54.3. The van der Waals surface area contributed by atoms with Gasteiger partial charge in [-0.05, 0) is 24.5 Å². The summed E-state index contributed by atoms with van der Waals surface area (Å²) in [7, 11) is 0. The number of hydrogen-bond acceptors (Lipinski definition) is 7. The highest BCUT2D eigenvalue weighted by atomic mass is 32.1. The minimum absolute atomic E-state index is 0.0518. The van der Waals surface area contributed by atoms with Crippen LogP contribution < -0.4 is 10.9 Å². The summed E-state index contributed by atoms with van der Waals surface area (Å²) < 4.78 is 6.70. The van der Waals surface area contributed by atoms with Crippen LogP contribution in [-0.4, -0.2) is 33.9 Å². The first kappa shape index (κ1) is 20.0. The quantitative estimate of drug-likeness (QED) is 0.624. The van der Waals surface area contributed by atoms with Crippen LogP contribution in [0.25, 0.3) is 10.2 Å². The number of fused-ring (bicyclic) bond motifs is 2. The molecule has 0 atom stereocenters. The van der Waals surface area contributed by atoms with E-state index in [1.807, 2.05) is 6.07 Å². The predicted molar refractivity (Wildman–Crippen MR) is 111 cm³/mol. The molecule has 2 aromatic heterocycles. The fraction of sp³-hybridized carbons (Fsp3) is 0.286. The molecule has 0 aliphatic carbocycles. The highest BCUT2D eigenvalue weighted by Crippen LogP contribution is 2.29. The Labute approximate surface area is 175 Å². The number of ether oxygens (including phenoxy) is 1. The summed E-state index contributed by atoms with van der Waals surface area (Å²) in [6, 6.07) is 8.99. The topological polar surface area (TPSA) is 107 Å². The van der Waals surface area contributed by atoms with E-state index in [4.69, 9.17) is 4.74 Å². The van der Waals surface area contributed by atoms with E-state index in [2.05, 4.69) is 10.3 Å². The van der Waals surface area contributed by atoms with Crippen molar-refractivity contribution in [1.29, 1.82) is 0 Å². The Morgan fingerprint density at radius 1 is 1.20 bits per heavy atom. The Kier molecular flexibility index (Phi) is 5.45. The van der Waals surface area contributed by atoms with E-state index in [1.54, 1.807) is 35.8 Å². The van der Waals surface area contributed by atoms with Gasteiger partial charge in [0.1, 0.15) is 15.5 Å². The maximum absolute atomic E-state index is 12.7. The number of carbonyl (C=O) groups excluding carboxylic acids is 3. The average molecular weight is 425 g/mol. The van der Waals surface area contributed by atoms with E-state index in [-0.39, 0.29) is 16.9 Å². The molecule has 0 fully saturated rings. The molecule has 4 rings (SSSR count). The Morgan fingerprint density at radius 2 is 1.97 bits per heavy atom. The summed E-state index contributed by atoms with van der Waals surface area (Å²) in [5.74, 6) is -1.18. The number of hydrogen-bond donors (Lipinski definition) is 1. The molecule has 1 aliphatic heterocycles. The second-order valence-corrected chi connectivity index (χ2v) is 8.03. The first-order chi connectivity index (χ1) is 14.4. The number of thiophene rings is 1. The van der Waals surface area contributed by atoms with Crippen molar-refractivity contribution in [3.63, 3.8) is 0 Å². The van der Waals surface area contributed by atoms with Gasteiger partial charge >= 0.3 is 5.97 Å². The van der Waals surface area contributed by atoms with Crippen molar-refractivity contribution in [3.8, 4) is 0 Å². The number of aromatic nitrogens is 2. The van der Waals surface area contributed by atoms with E-state index < -0.39 is 24.4 Å². The Morgan fingerprint density at radius 3 is 2.73 bits per heavy atom. The van der Waals surface area contributed by atoms with Crippen LogP contribution in [0.1, 0.15) is 33.0 Å². The van der Waals surface area contributed by atoms with E-state index >= 15 is 0 Å². The number of rotatable bonds is 5. The average Bonchev–Trinajstić information content (AvgIpc) is 3.32. The van der Waals surface area contributed by atoms with Crippen LogP contribution in [0.3, 0.4) is 0 Å². The highest BCUT2D eigenvalue weighted by molar-refractivity contribution is 7.20. The van der Waals surface area contributed by atoms with Gasteiger partial charge in [0.05, 0.1) is 11.8 Å². The first-order valence-corrected chi connectivity index (χ1v) is 10.3. The van der Waals surface area contributed by atoms with Gasteiger partial charge in [-0.3, -0.25) is 24.3 Å². The molecule has 1 aliphatic rings. The van der Waals surface area contributed by atoms with Crippen LogP contribution in [0.5, 0.6) is 0 Å². The van der Waals surface area contributed by atoms with Gasteiger partial charge < -0.3 is 4.74 Å². The molecular weight excluding hydrogens is 406 g/mol. The maximum Gasteiger partial charge on any atom is 0.349 e. The van der Waals surface area contributed by atoms with Gasteiger partial charge in [0.15, 0.2) is 6.61 Å². The van der Waals surface area contributed by atoms with Gasteiger partial charge in [0.25, 0.3) is 11.5 Å². The summed E-state index contributed by atoms with van der Waals surface area (Å²) in [6.07, 6.45) is 1.67. The van der Waals surface area contributed by atoms with Gasteiger partial charge in [-0.25, -0.2) is 9.78 Å². The molecule has 0 unspecified atom stereocenters. The number of nitrogens with one attached hydrogen (secondary N) is 1. The smallest absolute Gasteiger partial charge is 0.349 e. The Hall–Kier alpha value is -3.33. The van der Waals surface area contributed by atoms with Crippen molar-refractivity contribution in [1.82, 2.24) is 14.9 Å². The number of esters is 1. The lowest BCUT2D eigenvalue weighted by Crippen LogP contribution is -2.35. The van der Waals surface area contributed by atoms with E-state index in [1.165, 1.54) is 0 Å². The van der Waals surface area contributed by atoms with Crippen molar-refractivity contribution in [3.05, 3.63) is 62.5 Å². The van der Waals surface area contributed by atoms with Gasteiger partial charge in [-0.15, -0.1) is 11.3 Å². The maximum atomic E-state index is 12.7. The standard InChI is InChI=1S/C21H19N3O5S/c1-12-17-19(22-14-8-5-9-24(14)20(17)27)30-18(12)21(28)29-11-16(26)23-15(25)10-13-6-3-2-4-7-13/h2-4,6-7H,5,8-11H2,1H3,(H,23,25,26). The van der Waals surface area contributed by atoms with Crippen molar-refractivity contribution in [2.75, 3.05) is 6.61 Å². The normalized spacial score (nSPS) is 12.6. The SMILES string of the molecule is Cc1c(C(=O)OCC(=O)NC(=O)Cc2ccccc2)sc2nc3n(c(=O)c12)CCC3. The van der Waals surface area contributed by atoms with Crippen molar-refractivity contribution < 1.29 is 19.1 Å². The molecule has 9 heteroatoms. The third-order valence-electron chi connectivity index (χ3n) is 4.92. The van der Waals surface area contributed by atoms with Gasteiger partial charge in [-0.2, -0.15) is 0 Å². The number of nitrogens with zero attached hydrogens (tertiary/aromatic N) is 2. The Bertz CT molecular complexity index is 1210. The molecule has 1 aromatic carbocycles. The molecule has 154 valence electrons. The third kappa shape index (κ3) is 3.88. The molecular formula is C21H19N3O5S. The second-order valence-electron chi connectivity index (χ2n) is 7.03. The molecule has 8 nitrogen and oxygen atoms in total. The molecule has 3 heterocycles. The molecule has 1 N–H and O–H groups in total. The number of benzene rings is 1. The monoisotopic (exact) mass is 425 g/mol. The summed E-state index contributed by atoms with van der Waals surface area (Å²) in [6.45, 7) is 1.71. The molecule has 30 heavy (non-hydrogen) atoms. The van der Waals surface area contributed by atoms with Gasteiger partial charge in [0, 0.05) is 13.0 Å². The molecule has 0 saturated carbocycles. The van der Waals surface area contributed by atoms with Crippen molar-refractivity contribution in [2.24, 2.45) is 0 Å². The van der Waals surface area contributed by atoms with Crippen LogP contribution >= 0.6 is 11.3 Å². The zero-order chi connectivity index (χ0) is 21.3. The molecule has 0 spiro atoms. The summed E-state index contributed by atoms with van der Waals surface area (Å²) in [5.41, 5.74) is 1.12. The van der Waals surface area contributed by atoms with Crippen molar-refractivity contribution in [2.45, 2.75) is 32.7 Å². The van der Waals surface area contributed by atoms with E-state index in [0.29, 0.717) is 22.3 Å². The number of carbonyl (C=O) groups is 3. The molecule has 3 aromatic rings. The molecule has 2 amide bonds. The lowest BCUT2D eigenvalue weighted by molar-refractivity contribution is -0.132. The van der Waals surface area contributed by atoms with Crippen LogP contribution in [0, 0.1) is 6.92 Å². The fourth-order valence-electron chi connectivity index (χ4n) is 3.48. The molecule has 0 saturated heterocycles. The summed E-state index contributed by atoms with van der Waals surface area (Å²) >= 11 is 1.08. The van der Waals surface area contributed by atoms with Crippen LogP contribution in [0.15, 0.2) is 35.1 Å². The third-order valence-corrected chi connectivity index (χ3v) is 6.08. The predicted octanol–water partition coefficient (Wildman–Crippen LogP) is 1.75. The summed E-state index contributed by atoms with van der Waals surface area (Å²) in [5, 5.41) is 2.62. The minimum Gasteiger partial charge on any atom is -0.451 e. The zero-order valence-corrected chi connectivity index (χ0v) is 17.1. The van der Waals surface area contributed by atoms with Crippen molar-refractivity contribution >= 4 is 39.3 Å².